The monoisotopic (exact) mass is 538 g/mol. The molecule has 0 radical (unpaired) electrons. The van der Waals surface area contributed by atoms with Gasteiger partial charge >= 0.3 is 23.9 Å². The maximum Gasteiger partial charge on any atom is 0.312 e. The van der Waals surface area contributed by atoms with Gasteiger partial charge < -0.3 is 24.1 Å². The normalized spacial score (nSPS) is 42.1. The average molecular weight is 539 g/mol. The molecule has 37 heavy (non-hydrogen) atoms. The Hall–Kier alpha value is -2.98. The van der Waals surface area contributed by atoms with Crippen molar-refractivity contribution in [1.82, 2.24) is 0 Å². The molecule has 1 heterocycles. The van der Waals surface area contributed by atoms with E-state index in [-0.39, 0.29) is 5.57 Å². The van der Waals surface area contributed by atoms with Crippen molar-refractivity contribution in [2.45, 2.75) is 76.4 Å². The number of carbonyl (C=O) groups excluding carboxylic acids is 5. The van der Waals surface area contributed by atoms with Gasteiger partial charge in [0.1, 0.15) is 12.2 Å². The van der Waals surface area contributed by atoms with Crippen LogP contribution in [0.1, 0.15) is 41.5 Å². The zero-order valence-corrected chi connectivity index (χ0v) is 22.2. The average Bonchev–Trinajstić information content (AvgIpc) is 3.01. The van der Waals surface area contributed by atoms with E-state index in [1.54, 1.807) is 13.0 Å². The lowest BCUT2D eigenvalue weighted by molar-refractivity contribution is -0.220. The largest absolute Gasteiger partial charge is 0.459 e. The minimum absolute atomic E-state index is 0.0979. The summed E-state index contributed by atoms with van der Waals surface area (Å²) in [6, 6.07) is 0. The molecule has 0 amide bonds. The van der Waals surface area contributed by atoms with Crippen molar-refractivity contribution >= 4 is 41.3 Å². The maximum atomic E-state index is 13.3. The van der Waals surface area contributed by atoms with Gasteiger partial charge in [-0.3, -0.25) is 24.0 Å². The number of hydrogen-bond acceptors (Lipinski definition) is 10. The van der Waals surface area contributed by atoms with Gasteiger partial charge in [0.2, 0.25) is 0 Å². The molecule has 0 spiro atoms. The molecule has 0 saturated carbocycles. The molecule has 10 nitrogen and oxygen atoms in total. The smallest absolute Gasteiger partial charge is 0.312 e. The van der Waals surface area contributed by atoms with Gasteiger partial charge in [-0.2, -0.15) is 0 Å². The number of fused-ring (bicyclic) bond motifs is 2. The third-order valence-electron chi connectivity index (χ3n) is 7.41. The number of hydrogen-bond donors (Lipinski definition) is 1. The number of allylic oxidation sites excluding steroid dienone is 2. The van der Waals surface area contributed by atoms with Gasteiger partial charge in [0.25, 0.3) is 0 Å². The molecule has 0 unspecified atom stereocenters. The lowest BCUT2D eigenvalue weighted by atomic mass is 9.56. The van der Waals surface area contributed by atoms with Crippen LogP contribution in [0, 0.1) is 17.3 Å². The van der Waals surface area contributed by atoms with E-state index < -0.39 is 81.8 Å². The maximum absolute atomic E-state index is 13.3. The van der Waals surface area contributed by atoms with Crippen LogP contribution in [0.5, 0.6) is 0 Å². The first kappa shape index (κ1) is 28.6. The fourth-order valence-electron chi connectivity index (χ4n) is 5.59. The molecule has 9 atom stereocenters. The third kappa shape index (κ3) is 4.72. The van der Waals surface area contributed by atoms with Gasteiger partial charge in [-0.15, -0.1) is 11.6 Å². The molecule has 1 saturated heterocycles. The van der Waals surface area contributed by atoms with Crippen molar-refractivity contribution in [2.75, 3.05) is 0 Å². The first-order chi connectivity index (χ1) is 17.0. The molecule has 11 heteroatoms. The minimum atomic E-state index is -2.32. The van der Waals surface area contributed by atoms with Crippen LogP contribution in [0.3, 0.4) is 0 Å². The number of halogens is 1. The van der Waals surface area contributed by atoms with Gasteiger partial charge in [-0.05, 0) is 31.6 Å². The van der Waals surface area contributed by atoms with E-state index in [4.69, 9.17) is 30.5 Å². The number of alkyl halides is 1. The van der Waals surface area contributed by atoms with E-state index in [9.17, 15) is 29.1 Å². The van der Waals surface area contributed by atoms with Crippen molar-refractivity contribution < 1.29 is 48.0 Å². The quantitative estimate of drug-likeness (QED) is 0.245. The second-order valence-electron chi connectivity index (χ2n) is 10.1. The Morgan fingerprint density at radius 1 is 1.05 bits per heavy atom. The van der Waals surface area contributed by atoms with Crippen LogP contribution in [0.4, 0.5) is 0 Å². The summed E-state index contributed by atoms with van der Waals surface area (Å²) >= 11 is 6.70. The summed E-state index contributed by atoms with van der Waals surface area (Å²) in [6.07, 6.45) is 1.51. The summed E-state index contributed by atoms with van der Waals surface area (Å²) in [4.78, 5) is 62.6. The fourth-order valence-corrected chi connectivity index (χ4v) is 5.97. The zero-order valence-electron chi connectivity index (χ0n) is 21.5. The molecule has 0 aromatic carbocycles. The standard InChI is InChI=1S/C26H31ClO10/c1-12-17(34-14(3)28)8-10-24(6)11-9-18(31)25(7,37-16(5)30)20(24)22(35-15(4)29)26(33)13(2)23(32)36-21(26)19(12)27/h8-11,13,17,19-22,33H,1H2,2-7H3/b10-8+/t13-,17-,19+,20+,21-,22+,24-,25-,26-/m0/s1. The number of ketones is 1. The second kappa shape index (κ2) is 9.72. The summed E-state index contributed by atoms with van der Waals surface area (Å²) < 4.78 is 22.2. The van der Waals surface area contributed by atoms with Crippen LogP contribution in [-0.2, 0) is 42.9 Å². The molecular weight excluding hydrogens is 508 g/mol. The van der Waals surface area contributed by atoms with Gasteiger partial charge in [0, 0.05) is 26.2 Å². The third-order valence-corrected chi connectivity index (χ3v) is 7.92. The fraction of sp³-hybridized carbons (Fsp3) is 0.577. The van der Waals surface area contributed by atoms with Crippen LogP contribution < -0.4 is 0 Å². The van der Waals surface area contributed by atoms with E-state index in [2.05, 4.69) is 6.58 Å². The number of aliphatic hydroxyl groups is 1. The van der Waals surface area contributed by atoms with Gasteiger partial charge in [0.05, 0.1) is 17.2 Å². The lowest BCUT2D eigenvalue weighted by Gasteiger charge is -2.53. The highest BCUT2D eigenvalue weighted by atomic mass is 35.5. The highest BCUT2D eigenvalue weighted by Gasteiger charge is 2.70. The number of rotatable bonds is 3. The SMILES string of the molecule is C=C1[C@@H](OC(C)=O)/C=C/[C@@]2(C)C=CC(=O)[C@](C)(OC(C)=O)[C@@H]2[C@@H](OC(C)=O)[C@]2(O)[C@@H](C)C(=O)O[C@H]2[C@@H]1Cl. The topological polar surface area (TPSA) is 143 Å². The van der Waals surface area contributed by atoms with Gasteiger partial charge in [-0.1, -0.05) is 25.7 Å². The predicted molar refractivity (Wildman–Crippen MR) is 129 cm³/mol. The molecule has 3 rings (SSSR count). The van der Waals surface area contributed by atoms with Crippen molar-refractivity contribution in [3.63, 3.8) is 0 Å². The highest BCUT2D eigenvalue weighted by molar-refractivity contribution is 6.23. The lowest BCUT2D eigenvalue weighted by Crippen LogP contribution is -2.68. The summed E-state index contributed by atoms with van der Waals surface area (Å²) in [5, 5.41) is 11.0. The number of esters is 4. The first-order valence-electron chi connectivity index (χ1n) is 11.7. The molecule has 1 fully saturated rings. The van der Waals surface area contributed by atoms with Crippen molar-refractivity contribution in [3.05, 3.63) is 36.5 Å². The molecule has 0 bridgehead atoms. The van der Waals surface area contributed by atoms with E-state index >= 15 is 0 Å². The Kier molecular flexibility index (Phi) is 7.51. The molecule has 1 aliphatic heterocycles. The summed E-state index contributed by atoms with van der Waals surface area (Å²) in [5.41, 5.74) is -5.44. The summed E-state index contributed by atoms with van der Waals surface area (Å²) in [5.74, 6) is -6.32. The van der Waals surface area contributed by atoms with Crippen LogP contribution in [0.15, 0.2) is 36.5 Å². The zero-order chi connectivity index (χ0) is 28.1. The van der Waals surface area contributed by atoms with Crippen molar-refractivity contribution in [2.24, 2.45) is 17.3 Å². The van der Waals surface area contributed by atoms with Crippen molar-refractivity contribution in [3.8, 4) is 0 Å². The van der Waals surface area contributed by atoms with E-state index in [0.717, 1.165) is 13.8 Å². The van der Waals surface area contributed by atoms with Crippen molar-refractivity contribution in [1.29, 1.82) is 0 Å². The first-order valence-corrected chi connectivity index (χ1v) is 12.1. The Morgan fingerprint density at radius 2 is 1.65 bits per heavy atom. The highest BCUT2D eigenvalue weighted by Crippen LogP contribution is 2.54. The van der Waals surface area contributed by atoms with Gasteiger partial charge in [0.15, 0.2) is 23.1 Å². The van der Waals surface area contributed by atoms with Crippen LogP contribution in [0.2, 0.25) is 0 Å². The molecule has 1 N–H and O–H groups in total. The van der Waals surface area contributed by atoms with E-state index in [1.807, 2.05) is 0 Å². The van der Waals surface area contributed by atoms with Crippen LogP contribution >= 0.6 is 11.6 Å². The van der Waals surface area contributed by atoms with Crippen LogP contribution in [0.25, 0.3) is 0 Å². The Balaban J connectivity index is 2.43. The van der Waals surface area contributed by atoms with E-state index in [1.165, 1.54) is 39.0 Å². The van der Waals surface area contributed by atoms with Crippen LogP contribution in [-0.4, -0.2) is 69.7 Å². The van der Waals surface area contributed by atoms with Gasteiger partial charge in [-0.25, -0.2) is 0 Å². The minimum Gasteiger partial charge on any atom is -0.459 e. The molecule has 0 aromatic rings. The summed E-state index contributed by atoms with van der Waals surface area (Å²) in [7, 11) is 0. The Morgan fingerprint density at radius 3 is 2.19 bits per heavy atom. The Labute approximate surface area is 219 Å². The Bertz CT molecular complexity index is 1110. The number of ether oxygens (including phenoxy) is 4. The summed E-state index contributed by atoms with van der Waals surface area (Å²) in [6.45, 7) is 11.7. The molecule has 202 valence electrons. The van der Waals surface area contributed by atoms with E-state index in [0.29, 0.717) is 0 Å². The molecule has 0 aromatic heterocycles. The molecule has 2 aliphatic carbocycles. The second-order valence-corrected chi connectivity index (χ2v) is 10.6. The molecular formula is C26H31ClO10. The number of carbonyl (C=O) groups is 5. The predicted octanol–water partition coefficient (Wildman–Crippen LogP) is 1.96. The molecule has 3 aliphatic rings.